The number of nitrogens with zero attached hydrogens (tertiary/aromatic N) is 1. The number of rotatable bonds is 3. The van der Waals surface area contributed by atoms with Crippen molar-refractivity contribution in [3.63, 3.8) is 0 Å². The second-order valence-corrected chi connectivity index (χ2v) is 9.45. The maximum atomic E-state index is 13.5. The van der Waals surface area contributed by atoms with Crippen molar-refractivity contribution in [1.29, 1.82) is 0 Å². The lowest BCUT2D eigenvalue weighted by Gasteiger charge is -2.40. The van der Waals surface area contributed by atoms with Crippen LogP contribution in [0.5, 0.6) is 11.5 Å². The number of amides is 1. The van der Waals surface area contributed by atoms with E-state index in [9.17, 15) is 9.59 Å². The van der Waals surface area contributed by atoms with Gasteiger partial charge in [0.1, 0.15) is 0 Å². The molecule has 0 radical (unpaired) electrons. The largest absolute Gasteiger partial charge is 0.493 e. The van der Waals surface area contributed by atoms with Crippen molar-refractivity contribution in [3.05, 3.63) is 69.0 Å². The molecule has 6 nitrogen and oxygen atoms in total. The van der Waals surface area contributed by atoms with Crippen LogP contribution < -0.4 is 15.0 Å². The summed E-state index contributed by atoms with van der Waals surface area (Å²) in [6.45, 7) is 8.26. The van der Waals surface area contributed by atoms with Crippen LogP contribution in [0.1, 0.15) is 49.1 Å². The van der Waals surface area contributed by atoms with Gasteiger partial charge in [-0.3, -0.25) is 9.59 Å². The third kappa shape index (κ3) is 3.74. The van der Waals surface area contributed by atoms with Crippen LogP contribution in [0.3, 0.4) is 0 Å². The van der Waals surface area contributed by atoms with Crippen LogP contribution in [0.2, 0.25) is 0 Å². The van der Waals surface area contributed by atoms with Gasteiger partial charge >= 0.3 is 0 Å². The van der Waals surface area contributed by atoms with E-state index >= 15 is 0 Å². The number of aromatic nitrogens is 1. The second kappa shape index (κ2) is 8.01. The number of H-pyrrole nitrogens is 1. The molecule has 0 saturated carbocycles. The maximum absolute atomic E-state index is 13.5. The molecular weight excluding hydrogens is 404 g/mol. The van der Waals surface area contributed by atoms with E-state index in [4.69, 9.17) is 9.47 Å². The molecule has 1 atom stereocenters. The number of methoxy groups -OCH3 is 2. The molecule has 1 amide bonds. The average Bonchev–Trinajstić information content (AvgIpc) is 2.76. The SMILES string of the molecule is COc1cc2c(cc1OC)[C@H](c1cc3cc(C)ccc3[nH]c1=O)N(C(=O)C(C)(C)C)CC2. The van der Waals surface area contributed by atoms with Gasteiger partial charge in [-0.25, -0.2) is 0 Å². The molecule has 6 heteroatoms. The van der Waals surface area contributed by atoms with Gasteiger partial charge in [0.05, 0.1) is 20.3 Å². The normalized spacial score (nSPS) is 16.1. The van der Waals surface area contributed by atoms with E-state index in [0.29, 0.717) is 30.0 Å². The van der Waals surface area contributed by atoms with Gasteiger partial charge in [-0.05, 0) is 60.2 Å². The number of hydrogen-bond donors (Lipinski definition) is 1. The summed E-state index contributed by atoms with van der Waals surface area (Å²) in [6.07, 6.45) is 0.679. The predicted molar refractivity (Wildman–Crippen MR) is 126 cm³/mol. The number of carbonyl (C=O) groups is 1. The Balaban J connectivity index is 1.99. The molecule has 2 aromatic carbocycles. The Morgan fingerprint density at radius 1 is 1.03 bits per heavy atom. The molecule has 0 saturated heterocycles. The molecule has 0 spiro atoms. The topological polar surface area (TPSA) is 71.6 Å². The highest BCUT2D eigenvalue weighted by Crippen LogP contribution is 2.42. The van der Waals surface area contributed by atoms with E-state index in [1.54, 1.807) is 14.2 Å². The fourth-order valence-corrected chi connectivity index (χ4v) is 4.48. The van der Waals surface area contributed by atoms with E-state index in [0.717, 1.165) is 27.6 Å². The highest BCUT2D eigenvalue weighted by Gasteiger charge is 2.38. The lowest BCUT2D eigenvalue weighted by molar-refractivity contribution is -0.141. The molecule has 0 aliphatic carbocycles. The van der Waals surface area contributed by atoms with Crippen molar-refractivity contribution >= 4 is 16.8 Å². The molecule has 3 aromatic rings. The number of hydrogen-bond acceptors (Lipinski definition) is 4. The van der Waals surface area contributed by atoms with Gasteiger partial charge in [-0.2, -0.15) is 0 Å². The lowest BCUT2D eigenvalue weighted by atomic mass is 9.85. The number of fused-ring (bicyclic) bond motifs is 2. The summed E-state index contributed by atoms with van der Waals surface area (Å²) in [4.78, 5) is 31.6. The third-order valence-corrected chi connectivity index (χ3v) is 6.10. The van der Waals surface area contributed by atoms with Crippen LogP contribution in [0.15, 0.2) is 41.2 Å². The minimum Gasteiger partial charge on any atom is -0.493 e. The second-order valence-electron chi connectivity index (χ2n) is 9.45. The van der Waals surface area contributed by atoms with Crippen molar-refractivity contribution in [1.82, 2.24) is 9.88 Å². The monoisotopic (exact) mass is 434 g/mol. The number of aryl methyl sites for hydroxylation is 1. The summed E-state index contributed by atoms with van der Waals surface area (Å²) in [5.74, 6) is 1.23. The van der Waals surface area contributed by atoms with Crippen LogP contribution in [0.4, 0.5) is 0 Å². The van der Waals surface area contributed by atoms with Crippen molar-refractivity contribution in [2.45, 2.75) is 40.2 Å². The third-order valence-electron chi connectivity index (χ3n) is 6.10. The van der Waals surface area contributed by atoms with E-state index in [1.165, 1.54) is 0 Å². The Morgan fingerprint density at radius 3 is 2.38 bits per heavy atom. The smallest absolute Gasteiger partial charge is 0.254 e. The number of nitrogens with one attached hydrogen (secondary N) is 1. The van der Waals surface area contributed by atoms with Crippen molar-refractivity contribution in [3.8, 4) is 11.5 Å². The molecule has 4 rings (SSSR count). The van der Waals surface area contributed by atoms with E-state index < -0.39 is 11.5 Å². The molecular formula is C26H30N2O4. The minimum atomic E-state index is -0.577. The van der Waals surface area contributed by atoms with E-state index in [-0.39, 0.29) is 11.5 Å². The number of benzene rings is 2. The van der Waals surface area contributed by atoms with Gasteiger partial charge in [-0.1, -0.05) is 32.4 Å². The minimum absolute atomic E-state index is 0.00618. The molecule has 1 aliphatic rings. The highest BCUT2D eigenvalue weighted by atomic mass is 16.5. The molecule has 0 bridgehead atoms. The van der Waals surface area contributed by atoms with Crippen LogP contribution in [-0.2, 0) is 11.2 Å². The van der Waals surface area contributed by atoms with Gasteiger partial charge in [0, 0.05) is 23.0 Å². The first kappa shape index (κ1) is 21.9. The first-order valence-corrected chi connectivity index (χ1v) is 10.8. The Bertz CT molecular complexity index is 1250. The van der Waals surface area contributed by atoms with E-state index in [2.05, 4.69) is 4.98 Å². The zero-order chi connectivity index (χ0) is 23.2. The zero-order valence-electron chi connectivity index (χ0n) is 19.5. The molecule has 168 valence electrons. The molecule has 1 aliphatic heterocycles. The standard InChI is InChI=1S/C26H30N2O4/c1-15-7-8-20-17(11-15)12-19(24(29)27-20)23-18-14-22(32-6)21(31-5)13-16(18)9-10-28(23)25(30)26(2,3)4/h7-8,11-14,23H,9-10H2,1-6H3,(H,27,29)/t23-/m1/s1. The fraction of sp³-hybridized carbons (Fsp3) is 0.385. The van der Waals surface area contributed by atoms with Crippen LogP contribution in [-0.4, -0.2) is 36.6 Å². The first-order valence-electron chi connectivity index (χ1n) is 10.8. The summed E-state index contributed by atoms with van der Waals surface area (Å²) in [5, 5.41) is 0.940. The molecule has 0 unspecified atom stereocenters. The lowest BCUT2D eigenvalue weighted by Crippen LogP contribution is -2.47. The van der Waals surface area contributed by atoms with Gasteiger partial charge in [-0.15, -0.1) is 0 Å². The molecule has 1 N–H and O–H groups in total. The predicted octanol–water partition coefficient (Wildman–Crippen LogP) is 4.37. The molecule has 1 aromatic heterocycles. The summed E-state index contributed by atoms with van der Waals surface area (Å²) < 4.78 is 11.0. The van der Waals surface area contributed by atoms with Gasteiger partial charge in [0.2, 0.25) is 5.91 Å². The Labute approximate surface area is 188 Å². The molecule has 2 heterocycles. The van der Waals surface area contributed by atoms with Crippen LogP contribution in [0, 0.1) is 12.3 Å². The fourth-order valence-electron chi connectivity index (χ4n) is 4.48. The summed E-state index contributed by atoms with van der Waals surface area (Å²) >= 11 is 0. The van der Waals surface area contributed by atoms with Crippen molar-refractivity contribution in [2.24, 2.45) is 5.41 Å². The quantitative estimate of drug-likeness (QED) is 0.664. The van der Waals surface area contributed by atoms with E-state index in [1.807, 2.05) is 69.0 Å². The number of ether oxygens (including phenoxy) is 2. The van der Waals surface area contributed by atoms with Crippen molar-refractivity contribution < 1.29 is 14.3 Å². The average molecular weight is 435 g/mol. The van der Waals surface area contributed by atoms with Crippen LogP contribution in [0.25, 0.3) is 10.9 Å². The summed E-state index contributed by atoms with van der Waals surface area (Å²) in [5.41, 5.74) is 3.61. The molecule has 0 fully saturated rings. The first-order chi connectivity index (χ1) is 15.1. The zero-order valence-corrected chi connectivity index (χ0v) is 19.5. The summed E-state index contributed by atoms with van der Waals surface area (Å²) in [6, 6.07) is 11.2. The van der Waals surface area contributed by atoms with Gasteiger partial charge in [0.15, 0.2) is 11.5 Å². The van der Waals surface area contributed by atoms with Crippen molar-refractivity contribution in [2.75, 3.05) is 20.8 Å². The molecule has 32 heavy (non-hydrogen) atoms. The highest BCUT2D eigenvalue weighted by molar-refractivity contribution is 5.84. The van der Waals surface area contributed by atoms with Gasteiger partial charge in [0.25, 0.3) is 5.56 Å². The number of pyridine rings is 1. The van der Waals surface area contributed by atoms with Crippen LogP contribution >= 0.6 is 0 Å². The Hall–Kier alpha value is -3.28. The Morgan fingerprint density at radius 2 is 1.72 bits per heavy atom. The number of carbonyl (C=O) groups excluding carboxylic acids is 1. The summed E-state index contributed by atoms with van der Waals surface area (Å²) in [7, 11) is 3.20. The maximum Gasteiger partial charge on any atom is 0.254 e. The number of aromatic amines is 1. The van der Waals surface area contributed by atoms with Gasteiger partial charge < -0.3 is 19.4 Å². The Kier molecular flexibility index (Phi) is 5.49.